The number of benzene rings is 2. The van der Waals surface area contributed by atoms with Crippen molar-refractivity contribution in [3.05, 3.63) is 59.7 Å². The Morgan fingerprint density at radius 3 is 2.56 bits per heavy atom. The summed E-state index contributed by atoms with van der Waals surface area (Å²) in [6.07, 6.45) is 0.847. The van der Waals surface area contributed by atoms with Crippen LogP contribution in [0, 0.1) is 6.92 Å². The number of nitrogens with one attached hydrogen (secondary N) is 2. The van der Waals surface area contributed by atoms with Crippen LogP contribution in [0.2, 0.25) is 0 Å². The number of ether oxygens (including phenoxy) is 1. The van der Waals surface area contributed by atoms with Crippen LogP contribution in [0.1, 0.15) is 36.2 Å². The van der Waals surface area contributed by atoms with Crippen LogP contribution in [0.15, 0.2) is 53.4 Å². The lowest BCUT2D eigenvalue weighted by Gasteiger charge is -2.11. The van der Waals surface area contributed by atoms with Crippen LogP contribution in [0.4, 0.5) is 5.69 Å². The van der Waals surface area contributed by atoms with Gasteiger partial charge in [0.05, 0.1) is 11.0 Å². The molecule has 6 nitrogen and oxygen atoms in total. The molecule has 0 fully saturated rings. The van der Waals surface area contributed by atoms with Crippen molar-refractivity contribution in [1.29, 1.82) is 0 Å². The lowest BCUT2D eigenvalue weighted by Crippen LogP contribution is -2.26. The summed E-state index contributed by atoms with van der Waals surface area (Å²) >= 11 is 0. The van der Waals surface area contributed by atoms with E-state index in [9.17, 15) is 13.2 Å². The fraction of sp³-hybridized carbons (Fsp3) is 0.350. The van der Waals surface area contributed by atoms with Gasteiger partial charge in [-0.15, -0.1) is 0 Å². The van der Waals surface area contributed by atoms with Gasteiger partial charge in [-0.2, -0.15) is 0 Å². The molecule has 0 aliphatic rings. The predicted molar refractivity (Wildman–Crippen MR) is 106 cm³/mol. The maximum atomic E-state index is 12.6. The molecule has 0 aliphatic heterocycles. The van der Waals surface area contributed by atoms with Gasteiger partial charge in [-0.1, -0.05) is 18.2 Å². The van der Waals surface area contributed by atoms with Crippen molar-refractivity contribution in [3.63, 3.8) is 0 Å². The molecule has 1 amide bonds. The molecule has 0 saturated carbocycles. The first-order valence-electron chi connectivity index (χ1n) is 8.87. The van der Waals surface area contributed by atoms with E-state index in [0.717, 1.165) is 5.56 Å². The molecule has 0 aliphatic carbocycles. The molecule has 2 aromatic carbocycles. The van der Waals surface area contributed by atoms with E-state index >= 15 is 0 Å². The molecule has 0 spiro atoms. The standard InChI is InChI=1S/C20H26N2O4S/c1-15(2)26-12-6-11-21-20(23)17-8-5-10-19(14-17)27(24,25)22-18-9-4-7-16(3)13-18/h4-5,7-10,13-15,22H,6,11-12H2,1-3H3,(H,21,23). The van der Waals surface area contributed by atoms with Crippen LogP contribution >= 0.6 is 0 Å². The lowest BCUT2D eigenvalue weighted by molar-refractivity contribution is 0.0757. The van der Waals surface area contributed by atoms with E-state index in [0.29, 0.717) is 30.8 Å². The summed E-state index contributed by atoms with van der Waals surface area (Å²) in [5.41, 5.74) is 1.73. The van der Waals surface area contributed by atoms with Gasteiger partial charge in [-0.3, -0.25) is 9.52 Å². The van der Waals surface area contributed by atoms with E-state index in [-0.39, 0.29) is 16.9 Å². The first kappa shape index (κ1) is 20.9. The van der Waals surface area contributed by atoms with Gasteiger partial charge >= 0.3 is 0 Å². The van der Waals surface area contributed by atoms with Crippen LogP contribution in [0.25, 0.3) is 0 Å². The zero-order valence-electron chi connectivity index (χ0n) is 15.9. The highest BCUT2D eigenvalue weighted by molar-refractivity contribution is 7.92. The Kier molecular flexibility index (Phi) is 7.38. The number of hydrogen-bond donors (Lipinski definition) is 2. The molecule has 7 heteroatoms. The first-order valence-corrected chi connectivity index (χ1v) is 10.4. The van der Waals surface area contributed by atoms with Gasteiger partial charge in [-0.05, 0) is 63.1 Å². The molecule has 0 bridgehead atoms. The van der Waals surface area contributed by atoms with Gasteiger partial charge in [0.2, 0.25) is 0 Å². The topological polar surface area (TPSA) is 84.5 Å². The summed E-state index contributed by atoms with van der Waals surface area (Å²) in [5.74, 6) is -0.313. The fourth-order valence-corrected chi connectivity index (χ4v) is 3.52. The summed E-state index contributed by atoms with van der Waals surface area (Å²) < 4.78 is 33.1. The van der Waals surface area contributed by atoms with E-state index in [1.807, 2.05) is 26.8 Å². The third kappa shape index (κ3) is 6.69. The minimum atomic E-state index is -3.77. The molecule has 0 atom stereocenters. The van der Waals surface area contributed by atoms with Crippen molar-refractivity contribution in [3.8, 4) is 0 Å². The first-order chi connectivity index (χ1) is 12.8. The van der Waals surface area contributed by atoms with Crippen molar-refractivity contribution in [2.45, 2.75) is 38.2 Å². The van der Waals surface area contributed by atoms with Crippen molar-refractivity contribution in [2.24, 2.45) is 0 Å². The van der Waals surface area contributed by atoms with Crippen molar-refractivity contribution in [1.82, 2.24) is 5.32 Å². The lowest BCUT2D eigenvalue weighted by atomic mass is 10.2. The molecule has 2 rings (SSSR count). The van der Waals surface area contributed by atoms with Crippen LogP contribution < -0.4 is 10.0 Å². The van der Waals surface area contributed by atoms with Gasteiger partial charge in [0, 0.05) is 24.4 Å². The third-order valence-electron chi connectivity index (χ3n) is 3.73. The number of hydrogen-bond acceptors (Lipinski definition) is 4. The van der Waals surface area contributed by atoms with Crippen molar-refractivity contribution >= 4 is 21.6 Å². The quantitative estimate of drug-likeness (QED) is 0.643. The predicted octanol–water partition coefficient (Wildman–Crippen LogP) is 3.34. The number of anilines is 1. The Balaban J connectivity index is 2.02. The molecule has 146 valence electrons. The summed E-state index contributed by atoms with van der Waals surface area (Å²) in [5, 5.41) is 2.77. The van der Waals surface area contributed by atoms with E-state index < -0.39 is 10.0 Å². The third-order valence-corrected chi connectivity index (χ3v) is 5.11. The minimum Gasteiger partial charge on any atom is -0.379 e. The molecular formula is C20H26N2O4S. The normalized spacial score (nSPS) is 11.4. The largest absolute Gasteiger partial charge is 0.379 e. The number of carbonyl (C=O) groups excluding carboxylic acids is 1. The zero-order valence-corrected chi connectivity index (χ0v) is 16.7. The monoisotopic (exact) mass is 390 g/mol. The highest BCUT2D eigenvalue weighted by atomic mass is 32.2. The number of sulfonamides is 1. The van der Waals surface area contributed by atoms with E-state index in [2.05, 4.69) is 10.0 Å². The average molecular weight is 391 g/mol. The van der Waals surface area contributed by atoms with Crippen LogP contribution in [0.3, 0.4) is 0 Å². The summed E-state index contributed by atoms with van der Waals surface area (Å²) in [7, 11) is -3.77. The van der Waals surface area contributed by atoms with E-state index in [4.69, 9.17) is 4.74 Å². The van der Waals surface area contributed by atoms with Gasteiger partial charge in [0.25, 0.3) is 15.9 Å². The van der Waals surface area contributed by atoms with Crippen LogP contribution in [-0.4, -0.2) is 33.6 Å². The Bertz CT molecular complexity index is 879. The smallest absolute Gasteiger partial charge is 0.261 e. The van der Waals surface area contributed by atoms with E-state index in [1.54, 1.807) is 30.3 Å². The van der Waals surface area contributed by atoms with Crippen molar-refractivity contribution in [2.75, 3.05) is 17.9 Å². The van der Waals surface area contributed by atoms with Crippen LogP contribution in [-0.2, 0) is 14.8 Å². The van der Waals surface area contributed by atoms with Gasteiger partial charge in [-0.25, -0.2) is 8.42 Å². The Hall–Kier alpha value is -2.38. The van der Waals surface area contributed by atoms with Crippen LogP contribution in [0.5, 0.6) is 0 Å². The second-order valence-electron chi connectivity index (χ2n) is 6.53. The molecule has 2 N–H and O–H groups in total. The second kappa shape index (κ2) is 9.53. The molecular weight excluding hydrogens is 364 g/mol. The molecule has 0 aromatic heterocycles. The molecule has 0 unspecified atom stereocenters. The van der Waals surface area contributed by atoms with Gasteiger partial charge in [0.15, 0.2) is 0 Å². The number of aryl methyl sites for hydroxylation is 1. The molecule has 0 heterocycles. The molecule has 0 saturated heterocycles. The summed E-state index contributed by atoms with van der Waals surface area (Å²) in [6, 6.07) is 13.1. The highest BCUT2D eigenvalue weighted by Crippen LogP contribution is 2.18. The molecule has 2 aromatic rings. The van der Waals surface area contributed by atoms with Crippen molar-refractivity contribution < 1.29 is 17.9 Å². The average Bonchev–Trinajstić information content (AvgIpc) is 2.61. The maximum absolute atomic E-state index is 12.6. The highest BCUT2D eigenvalue weighted by Gasteiger charge is 2.16. The van der Waals surface area contributed by atoms with Gasteiger partial charge in [0.1, 0.15) is 0 Å². The summed E-state index contributed by atoms with van der Waals surface area (Å²) in [4.78, 5) is 12.3. The SMILES string of the molecule is Cc1cccc(NS(=O)(=O)c2cccc(C(=O)NCCCOC(C)C)c2)c1. The molecule has 0 radical (unpaired) electrons. The number of carbonyl (C=O) groups is 1. The zero-order chi connectivity index (χ0) is 19.9. The van der Waals surface area contributed by atoms with E-state index in [1.165, 1.54) is 12.1 Å². The fourth-order valence-electron chi connectivity index (χ4n) is 2.42. The summed E-state index contributed by atoms with van der Waals surface area (Å²) in [6.45, 7) is 6.82. The Labute approximate surface area is 161 Å². The minimum absolute atomic E-state index is 0.0415. The Morgan fingerprint density at radius 2 is 1.85 bits per heavy atom. The Morgan fingerprint density at radius 1 is 1.11 bits per heavy atom. The second-order valence-corrected chi connectivity index (χ2v) is 8.21. The molecule has 27 heavy (non-hydrogen) atoms. The number of rotatable bonds is 9. The number of amides is 1. The maximum Gasteiger partial charge on any atom is 0.261 e. The van der Waals surface area contributed by atoms with Gasteiger partial charge < -0.3 is 10.1 Å².